The molecule has 0 saturated carbocycles. The van der Waals surface area contributed by atoms with Crippen LogP contribution in [0.1, 0.15) is 22.1 Å². The summed E-state index contributed by atoms with van der Waals surface area (Å²) in [4.78, 5) is 23.2. The molecule has 0 bridgehead atoms. The molecule has 6 heteroatoms. The standard InChI is InChI=1S/C20H22N4O2/c1-24(2)19(14-8-10-15(26-3)11-9-14)13-22-20(25)18-12-21-16-6-4-5-7-17(16)23-18/h4-12,19H,13H2,1-3H3,(H,22,25). The Morgan fingerprint density at radius 2 is 1.81 bits per heavy atom. The first-order chi connectivity index (χ1) is 12.6. The van der Waals surface area contributed by atoms with Gasteiger partial charge in [0, 0.05) is 6.54 Å². The van der Waals surface area contributed by atoms with Crippen LogP contribution in [0.25, 0.3) is 11.0 Å². The SMILES string of the molecule is COc1ccc(C(CNC(=O)c2cnc3ccccc3n2)N(C)C)cc1. The fourth-order valence-corrected chi connectivity index (χ4v) is 2.77. The van der Waals surface area contributed by atoms with E-state index in [0.717, 1.165) is 16.8 Å². The molecule has 1 heterocycles. The summed E-state index contributed by atoms with van der Waals surface area (Å²) in [6, 6.07) is 15.4. The van der Waals surface area contributed by atoms with Crippen LogP contribution in [-0.2, 0) is 0 Å². The van der Waals surface area contributed by atoms with Crippen molar-refractivity contribution in [3.05, 3.63) is 66.0 Å². The van der Waals surface area contributed by atoms with Gasteiger partial charge in [0.2, 0.25) is 0 Å². The number of rotatable bonds is 6. The van der Waals surface area contributed by atoms with Gasteiger partial charge in [-0.05, 0) is 43.9 Å². The van der Waals surface area contributed by atoms with E-state index in [-0.39, 0.29) is 11.9 Å². The number of amides is 1. The van der Waals surface area contributed by atoms with Crippen LogP contribution in [0, 0.1) is 0 Å². The van der Waals surface area contributed by atoms with Crippen LogP contribution in [0.3, 0.4) is 0 Å². The monoisotopic (exact) mass is 350 g/mol. The minimum absolute atomic E-state index is 0.0401. The fraction of sp³-hybridized carbons (Fsp3) is 0.250. The number of nitrogens with one attached hydrogen (secondary N) is 1. The normalized spacial score (nSPS) is 12.2. The summed E-state index contributed by atoms with van der Waals surface area (Å²) < 4.78 is 5.20. The zero-order valence-electron chi connectivity index (χ0n) is 15.1. The molecule has 2 aromatic carbocycles. The molecule has 0 aliphatic carbocycles. The lowest BCUT2D eigenvalue weighted by Gasteiger charge is -2.25. The van der Waals surface area contributed by atoms with E-state index in [1.807, 2.05) is 62.6 Å². The summed E-state index contributed by atoms with van der Waals surface area (Å²) in [6.45, 7) is 0.465. The first-order valence-corrected chi connectivity index (χ1v) is 8.39. The molecular formula is C20H22N4O2. The Morgan fingerprint density at radius 1 is 1.12 bits per heavy atom. The minimum Gasteiger partial charge on any atom is -0.497 e. The molecule has 0 radical (unpaired) electrons. The molecule has 1 aromatic heterocycles. The largest absolute Gasteiger partial charge is 0.497 e. The van der Waals surface area contributed by atoms with E-state index in [1.165, 1.54) is 6.20 Å². The number of methoxy groups -OCH3 is 1. The van der Waals surface area contributed by atoms with Gasteiger partial charge < -0.3 is 15.0 Å². The lowest BCUT2D eigenvalue weighted by molar-refractivity contribution is 0.0937. The number of carbonyl (C=O) groups excluding carboxylic acids is 1. The molecule has 1 atom stereocenters. The minimum atomic E-state index is -0.233. The fourth-order valence-electron chi connectivity index (χ4n) is 2.77. The van der Waals surface area contributed by atoms with Crippen molar-refractivity contribution >= 4 is 16.9 Å². The number of nitrogens with zero attached hydrogens (tertiary/aromatic N) is 3. The van der Waals surface area contributed by atoms with Crippen LogP contribution in [0.4, 0.5) is 0 Å². The van der Waals surface area contributed by atoms with Gasteiger partial charge in [0.1, 0.15) is 11.4 Å². The zero-order chi connectivity index (χ0) is 18.5. The summed E-state index contributed by atoms with van der Waals surface area (Å²) in [5, 5.41) is 2.96. The molecule has 0 aliphatic rings. The van der Waals surface area contributed by atoms with E-state index in [1.54, 1.807) is 7.11 Å². The second kappa shape index (κ2) is 7.93. The molecule has 1 unspecified atom stereocenters. The van der Waals surface area contributed by atoms with Crippen molar-refractivity contribution in [2.24, 2.45) is 0 Å². The lowest BCUT2D eigenvalue weighted by atomic mass is 10.1. The summed E-state index contributed by atoms with van der Waals surface area (Å²) >= 11 is 0. The number of hydrogen-bond acceptors (Lipinski definition) is 5. The van der Waals surface area contributed by atoms with E-state index < -0.39 is 0 Å². The van der Waals surface area contributed by atoms with Crippen LogP contribution >= 0.6 is 0 Å². The number of para-hydroxylation sites is 2. The molecule has 0 aliphatic heterocycles. The number of carbonyl (C=O) groups is 1. The first kappa shape index (κ1) is 17.8. The molecule has 3 aromatic rings. The van der Waals surface area contributed by atoms with E-state index in [0.29, 0.717) is 17.8 Å². The molecule has 0 saturated heterocycles. The van der Waals surface area contributed by atoms with Crippen molar-refractivity contribution in [1.82, 2.24) is 20.2 Å². The first-order valence-electron chi connectivity index (χ1n) is 8.39. The number of likely N-dealkylation sites (N-methyl/N-ethyl adjacent to an activating group) is 1. The number of fused-ring (bicyclic) bond motifs is 1. The molecule has 3 rings (SSSR count). The van der Waals surface area contributed by atoms with Crippen LogP contribution in [0.5, 0.6) is 5.75 Å². The predicted molar refractivity (Wildman–Crippen MR) is 101 cm³/mol. The highest BCUT2D eigenvalue weighted by atomic mass is 16.5. The van der Waals surface area contributed by atoms with Gasteiger partial charge in [0.15, 0.2) is 0 Å². The third-order valence-electron chi connectivity index (χ3n) is 4.26. The molecule has 26 heavy (non-hydrogen) atoms. The average Bonchev–Trinajstić information content (AvgIpc) is 2.67. The number of ether oxygens (including phenoxy) is 1. The quantitative estimate of drug-likeness (QED) is 0.740. The Kier molecular flexibility index (Phi) is 5.43. The van der Waals surface area contributed by atoms with Crippen LogP contribution in [0.15, 0.2) is 54.7 Å². The Labute approximate surface area is 152 Å². The summed E-state index contributed by atoms with van der Waals surface area (Å²) in [7, 11) is 5.61. The van der Waals surface area contributed by atoms with Crippen molar-refractivity contribution in [2.75, 3.05) is 27.7 Å². The molecule has 6 nitrogen and oxygen atoms in total. The van der Waals surface area contributed by atoms with E-state index in [9.17, 15) is 4.79 Å². The topological polar surface area (TPSA) is 67.3 Å². The maximum atomic E-state index is 12.5. The highest BCUT2D eigenvalue weighted by Crippen LogP contribution is 2.20. The second-order valence-corrected chi connectivity index (χ2v) is 6.21. The Bertz CT molecular complexity index is 894. The van der Waals surface area contributed by atoms with Crippen molar-refractivity contribution < 1.29 is 9.53 Å². The number of hydrogen-bond donors (Lipinski definition) is 1. The third-order valence-corrected chi connectivity index (χ3v) is 4.26. The maximum absolute atomic E-state index is 12.5. The molecule has 1 N–H and O–H groups in total. The van der Waals surface area contributed by atoms with Crippen LogP contribution in [0.2, 0.25) is 0 Å². The number of aromatic nitrogens is 2. The summed E-state index contributed by atoms with van der Waals surface area (Å²) in [5.74, 6) is 0.574. The summed E-state index contributed by atoms with van der Waals surface area (Å²) in [5.41, 5.74) is 2.89. The van der Waals surface area contributed by atoms with Gasteiger partial charge in [-0.25, -0.2) is 4.98 Å². The Balaban J connectivity index is 1.72. The molecular weight excluding hydrogens is 328 g/mol. The average molecular weight is 350 g/mol. The van der Waals surface area contributed by atoms with Gasteiger partial charge in [0.25, 0.3) is 5.91 Å². The van der Waals surface area contributed by atoms with Gasteiger partial charge in [-0.15, -0.1) is 0 Å². The second-order valence-electron chi connectivity index (χ2n) is 6.21. The smallest absolute Gasteiger partial charge is 0.271 e. The molecule has 0 spiro atoms. The molecule has 0 fully saturated rings. The van der Waals surface area contributed by atoms with Crippen molar-refractivity contribution in [3.8, 4) is 5.75 Å². The maximum Gasteiger partial charge on any atom is 0.271 e. The van der Waals surface area contributed by atoms with E-state index >= 15 is 0 Å². The third kappa shape index (κ3) is 3.97. The lowest BCUT2D eigenvalue weighted by Crippen LogP contribution is -2.35. The van der Waals surface area contributed by atoms with Gasteiger partial charge in [-0.3, -0.25) is 9.78 Å². The van der Waals surface area contributed by atoms with Crippen molar-refractivity contribution in [1.29, 1.82) is 0 Å². The molecule has 134 valence electrons. The van der Waals surface area contributed by atoms with Crippen LogP contribution < -0.4 is 10.1 Å². The van der Waals surface area contributed by atoms with E-state index in [4.69, 9.17) is 4.74 Å². The Morgan fingerprint density at radius 3 is 2.46 bits per heavy atom. The van der Waals surface area contributed by atoms with Gasteiger partial charge >= 0.3 is 0 Å². The van der Waals surface area contributed by atoms with Gasteiger partial charge in [0.05, 0.1) is 30.4 Å². The Hall–Kier alpha value is -2.99. The summed E-state index contributed by atoms with van der Waals surface area (Å²) in [6.07, 6.45) is 1.51. The predicted octanol–water partition coefficient (Wildman–Crippen LogP) is 2.67. The van der Waals surface area contributed by atoms with Crippen molar-refractivity contribution in [2.45, 2.75) is 6.04 Å². The van der Waals surface area contributed by atoms with E-state index in [2.05, 4.69) is 20.2 Å². The van der Waals surface area contributed by atoms with Gasteiger partial charge in [-0.1, -0.05) is 24.3 Å². The highest BCUT2D eigenvalue weighted by Gasteiger charge is 2.17. The van der Waals surface area contributed by atoms with Crippen LogP contribution in [-0.4, -0.2) is 48.5 Å². The highest BCUT2D eigenvalue weighted by molar-refractivity contribution is 5.93. The number of benzene rings is 2. The zero-order valence-corrected chi connectivity index (χ0v) is 15.1. The van der Waals surface area contributed by atoms with Gasteiger partial charge in [-0.2, -0.15) is 0 Å². The molecule has 1 amide bonds. The van der Waals surface area contributed by atoms with Crippen molar-refractivity contribution in [3.63, 3.8) is 0 Å².